The molecule has 1 aromatic heterocycles. The van der Waals surface area contributed by atoms with Crippen LogP contribution in [-0.4, -0.2) is 24.2 Å². The fraction of sp³-hybridized carbons (Fsp3) is 0.143. The van der Waals surface area contributed by atoms with Gasteiger partial charge in [0.25, 0.3) is 0 Å². The average Bonchev–Trinajstić information content (AvgIpc) is 2.43. The molecule has 0 fully saturated rings. The van der Waals surface area contributed by atoms with Crippen molar-refractivity contribution in [2.24, 2.45) is 0 Å². The van der Waals surface area contributed by atoms with E-state index in [0.717, 1.165) is 22.1 Å². The van der Waals surface area contributed by atoms with E-state index in [2.05, 4.69) is 9.97 Å². The highest BCUT2D eigenvalue weighted by Gasteiger charge is 2.09. The molecule has 3 aromatic rings. The molecule has 0 spiro atoms. The van der Waals surface area contributed by atoms with E-state index in [-0.39, 0.29) is 0 Å². The van der Waals surface area contributed by atoms with Crippen molar-refractivity contribution in [3.63, 3.8) is 0 Å². The predicted octanol–water partition coefficient (Wildman–Crippen LogP) is 2.80. The van der Waals surface area contributed by atoms with Crippen LogP contribution in [0.5, 0.6) is 11.5 Å². The number of nitrogens with zero attached hydrogens (tertiary/aromatic N) is 2. The summed E-state index contributed by atoms with van der Waals surface area (Å²) in [6.45, 7) is 0. The lowest BCUT2D eigenvalue weighted by molar-refractivity contribution is 0.397. The van der Waals surface area contributed by atoms with Crippen molar-refractivity contribution in [1.29, 1.82) is 0 Å². The molecule has 0 radical (unpaired) electrons. The van der Waals surface area contributed by atoms with Gasteiger partial charge in [0, 0.05) is 12.1 Å². The maximum absolute atomic E-state index is 5.34. The fourth-order valence-corrected chi connectivity index (χ4v) is 1.94. The van der Waals surface area contributed by atoms with Gasteiger partial charge in [0.2, 0.25) is 0 Å². The molecule has 0 aliphatic heterocycles. The molecule has 0 atom stereocenters. The average molecular weight is 240 g/mol. The second-order valence-electron chi connectivity index (χ2n) is 3.91. The first-order valence-electron chi connectivity index (χ1n) is 5.60. The van der Waals surface area contributed by atoms with Gasteiger partial charge in [0.05, 0.1) is 30.8 Å². The molecule has 1 heterocycles. The number of hydrogen-bond acceptors (Lipinski definition) is 4. The molecule has 0 saturated carbocycles. The summed E-state index contributed by atoms with van der Waals surface area (Å²) in [6.07, 6.45) is 0. The van der Waals surface area contributed by atoms with Gasteiger partial charge in [-0.2, -0.15) is 0 Å². The van der Waals surface area contributed by atoms with Crippen LogP contribution >= 0.6 is 0 Å². The summed E-state index contributed by atoms with van der Waals surface area (Å²) in [5.74, 6) is 1.38. The molecule has 2 aromatic carbocycles. The molecular weight excluding hydrogens is 228 g/mol. The molecule has 0 amide bonds. The molecular formula is C14H12N2O2. The Morgan fingerprint density at radius 2 is 1.56 bits per heavy atom. The Morgan fingerprint density at radius 3 is 2.22 bits per heavy atom. The Bertz CT molecular complexity index is 725. The number of fused-ring (bicyclic) bond motifs is 2. The van der Waals surface area contributed by atoms with Gasteiger partial charge in [-0.15, -0.1) is 0 Å². The third-order valence-corrected chi connectivity index (χ3v) is 2.84. The number of methoxy groups -OCH3 is 2. The normalized spacial score (nSPS) is 10.8. The zero-order valence-electron chi connectivity index (χ0n) is 10.2. The monoisotopic (exact) mass is 240 g/mol. The van der Waals surface area contributed by atoms with E-state index >= 15 is 0 Å². The van der Waals surface area contributed by atoms with Crippen molar-refractivity contribution in [3.8, 4) is 11.5 Å². The molecule has 0 unspecified atom stereocenters. The summed E-state index contributed by atoms with van der Waals surface area (Å²) in [5, 5.41) is 0. The Kier molecular flexibility index (Phi) is 2.48. The van der Waals surface area contributed by atoms with Gasteiger partial charge in [0.15, 0.2) is 0 Å². The highest BCUT2D eigenvalue weighted by atomic mass is 16.5. The van der Waals surface area contributed by atoms with Gasteiger partial charge in [-0.25, -0.2) is 9.97 Å². The maximum Gasteiger partial charge on any atom is 0.150 e. The maximum atomic E-state index is 5.34. The molecule has 0 saturated heterocycles. The quantitative estimate of drug-likeness (QED) is 0.646. The Labute approximate surface area is 104 Å². The van der Waals surface area contributed by atoms with E-state index in [4.69, 9.17) is 9.47 Å². The number of aromatic nitrogens is 2. The van der Waals surface area contributed by atoms with Gasteiger partial charge in [0.1, 0.15) is 17.0 Å². The smallest absolute Gasteiger partial charge is 0.150 e. The first-order chi connectivity index (χ1) is 8.81. The number of rotatable bonds is 2. The van der Waals surface area contributed by atoms with E-state index in [1.165, 1.54) is 0 Å². The van der Waals surface area contributed by atoms with Crippen molar-refractivity contribution in [1.82, 2.24) is 9.97 Å². The molecule has 0 N–H and O–H groups in total. The van der Waals surface area contributed by atoms with Crippen LogP contribution in [0, 0.1) is 0 Å². The second kappa shape index (κ2) is 4.14. The zero-order valence-corrected chi connectivity index (χ0v) is 10.2. The summed E-state index contributed by atoms with van der Waals surface area (Å²) in [5.41, 5.74) is 3.23. The molecule has 18 heavy (non-hydrogen) atoms. The molecule has 0 bridgehead atoms. The second-order valence-corrected chi connectivity index (χ2v) is 3.91. The number of para-hydroxylation sites is 2. The molecule has 4 nitrogen and oxygen atoms in total. The van der Waals surface area contributed by atoms with E-state index in [1.807, 2.05) is 36.4 Å². The summed E-state index contributed by atoms with van der Waals surface area (Å²) in [4.78, 5) is 9.15. The minimum Gasteiger partial charge on any atom is -0.497 e. The van der Waals surface area contributed by atoms with Crippen LogP contribution in [0.25, 0.3) is 22.1 Å². The molecule has 0 aliphatic rings. The Balaban J connectivity index is 2.41. The van der Waals surface area contributed by atoms with E-state index in [9.17, 15) is 0 Å². The Morgan fingerprint density at radius 1 is 0.833 bits per heavy atom. The molecule has 90 valence electrons. The molecule has 4 heteroatoms. The summed E-state index contributed by atoms with van der Waals surface area (Å²) >= 11 is 0. The van der Waals surface area contributed by atoms with Gasteiger partial charge in [-0.3, -0.25) is 0 Å². The summed E-state index contributed by atoms with van der Waals surface area (Å²) in [7, 11) is 3.24. The minimum absolute atomic E-state index is 0.669. The SMILES string of the molecule is COc1cc(OC)c2nc3ccccc3nc2c1. The predicted molar refractivity (Wildman–Crippen MR) is 70.1 cm³/mol. The van der Waals surface area contributed by atoms with Crippen molar-refractivity contribution in [2.45, 2.75) is 0 Å². The van der Waals surface area contributed by atoms with Gasteiger partial charge >= 0.3 is 0 Å². The van der Waals surface area contributed by atoms with Gasteiger partial charge < -0.3 is 9.47 Å². The van der Waals surface area contributed by atoms with Crippen LogP contribution in [0.15, 0.2) is 36.4 Å². The first kappa shape index (κ1) is 10.8. The van der Waals surface area contributed by atoms with Gasteiger partial charge in [-0.1, -0.05) is 12.1 Å². The Hall–Kier alpha value is -2.36. The van der Waals surface area contributed by atoms with Crippen molar-refractivity contribution >= 4 is 22.1 Å². The third kappa shape index (κ3) is 1.62. The van der Waals surface area contributed by atoms with Crippen molar-refractivity contribution in [3.05, 3.63) is 36.4 Å². The first-order valence-corrected chi connectivity index (χ1v) is 5.60. The lowest BCUT2D eigenvalue weighted by Gasteiger charge is -2.08. The topological polar surface area (TPSA) is 44.2 Å². The van der Waals surface area contributed by atoms with Crippen LogP contribution in [0.2, 0.25) is 0 Å². The van der Waals surface area contributed by atoms with Crippen molar-refractivity contribution in [2.75, 3.05) is 14.2 Å². The largest absolute Gasteiger partial charge is 0.497 e. The number of benzene rings is 2. The summed E-state index contributed by atoms with van der Waals surface area (Å²) < 4.78 is 10.6. The van der Waals surface area contributed by atoms with E-state index in [0.29, 0.717) is 11.5 Å². The van der Waals surface area contributed by atoms with E-state index in [1.54, 1.807) is 14.2 Å². The third-order valence-electron chi connectivity index (χ3n) is 2.84. The summed E-state index contributed by atoms with van der Waals surface area (Å²) in [6, 6.07) is 11.4. The van der Waals surface area contributed by atoms with Crippen LogP contribution in [0.1, 0.15) is 0 Å². The lowest BCUT2D eigenvalue weighted by Crippen LogP contribution is -1.93. The molecule has 3 rings (SSSR count). The zero-order chi connectivity index (χ0) is 12.5. The lowest BCUT2D eigenvalue weighted by atomic mass is 10.2. The van der Waals surface area contributed by atoms with E-state index < -0.39 is 0 Å². The fourth-order valence-electron chi connectivity index (χ4n) is 1.94. The number of hydrogen-bond donors (Lipinski definition) is 0. The van der Waals surface area contributed by atoms with Crippen LogP contribution in [0.4, 0.5) is 0 Å². The highest BCUT2D eigenvalue weighted by molar-refractivity contribution is 5.90. The van der Waals surface area contributed by atoms with Crippen LogP contribution in [0.3, 0.4) is 0 Å². The van der Waals surface area contributed by atoms with Crippen LogP contribution in [-0.2, 0) is 0 Å². The minimum atomic E-state index is 0.669. The molecule has 0 aliphatic carbocycles. The van der Waals surface area contributed by atoms with Crippen molar-refractivity contribution < 1.29 is 9.47 Å². The van der Waals surface area contributed by atoms with Crippen LogP contribution < -0.4 is 9.47 Å². The van der Waals surface area contributed by atoms with Gasteiger partial charge in [-0.05, 0) is 12.1 Å². The standard InChI is InChI=1S/C14H12N2O2/c1-17-9-7-12-14(13(8-9)18-2)16-11-6-4-3-5-10(11)15-12/h3-8H,1-2H3. The highest BCUT2D eigenvalue weighted by Crippen LogP contribution is 2.29. The number of ether oxygens (including phenoxy) is 2.